The number of nitrogens with zero attached hydrogens (tertiary/aromatic N) is 1. The fourth-order valence-electron chi connectivity index (χ4n) is 4.27. The number of benzene rings is 1. The number of rotatable bonds is 4. The number of fused-ring (bicyclic) bond motifs is 3. The van der Waals surface area contributed by atoms with Crippen LogP contribution in [0.15, 0.2) is 18.2 Å². The SMILES string of the molecule is CN1c2ccc(CNC(=O)O)cc2C2CCC(NC3CC3)C21. The lowest BCUT2D eigenvalue weighted by Crippen LogP contribution is -2.45. The van der Waals surface area contributed by atoms with E-state index in [1.165, 1.54) is 36.9 Å². The first-order valence-corrected chi connectivity index (χ1v) is 8.22. The molecule has 2 fully saturated rings. The summed E-state index contributed by atoms with van der Waals surface area (Å²) in [5.41, 5.74) is 3.77. The van der Waals surface area contributed by atoms with E-state index in [9.17, 15) is 4.79 Å². The van der Waals surface area contributed by atoms with E-state index in [0.29, 0.717) is 24.5 Å². The minimum atomic E-state index is -0.968. The van der Waals surface area contributed by atoms with Crippen LogP contribution in [0.2, 0.25) is 0 Å². The van der Waals surface area contributed by atoms with E-state index in [4.69, 9.17) is 5.11 Å². The van der Waals surface area contributed by atoms with Crippen LogP contribution in [-0.2, 0) is 6.54 Å². The third kappa shape index (κ3) is 2.33. The van der Waals surface area contributed by atoms with Crippen molar-refractivity contribution in [1.29, 1.82) is 0 Å². The molecule has 3 N–H and O–H groups in total. The average molecular weight is 301 g/mol. The fraction of sp³-hybridized carbons (Fsp3) is 0.588. The van der Waals surface area contributed by atoms with Gasteiger partial charge >= 0.3 is 6.09 Å². The number of hydrogen-bond acceptors (Lipinski definition) is 3. The molecular formula is C17H23N3O2. The van der Waals surface area contributed by atoms with Crippen LogP contribution < -0.4 is 15.5 Å². The summed E-state index contributed by atoms with van der Waals surface area (Å²) < 4.78 is 0. The molecule has 1 amide bonds. The van der Waals surface area contributed by atoms with Crippen molar-refractivity contribution in [3.63, 3.8) is 0 Å². The molecule has 0 radical (unpaired) electrons. The summed E-state index contributed by atoms with van der Waals surface area (Å²) in [6, 6.07) is 8.28. The third-order valence-electron chi connectivity index (χ3n) is 5.40. The Balaban J connectivity index is 1.55. The first-order valence-electron chi connectivity index (χ1n) is 8.22. The zero-order valence-corrected chi connectivity index (χ0v) is 12.9. The van der Waals surface area contributed by atoms with Crippen molar-refractivity contribution in [2.45, 2.75) is 56.3 Å². The van der Waals surface area contributed by atoms with Crippen LogP contribution in [-0.4, -0.2) is 36.4 Å². The molecule has 5 heteroatoms. The van der Waals surface area contributed by atoms with E-state index in [-0.39, 0.29) is 0 Å². The standard InChI is InChI=1S/C17H23N3O2/c1-20-15-7-2-10(9-18-17(21)22)8-13(15)12-5-6-14(16(12)20)19-11-3-4-11/h2,7-8,11-12,14,16,18-19H,3-6,9H2,1H3,(H,21,22). The minimum Gasteiger partial charge on any atom is -0.465 e. The summed E-state index contributed by atoms with van der Waals surface area (Å²) in [6.45, 7) is 0.382. The number of carbonyl (C=O) groups is 1. The summed E-state index contributed by atoms with van der Waals surface area (Å²) in [6.07, 6.45) is 4.16. The third-order valence-corrected chi connectivity index (χ3v) is 5.40. The zero-order chi connectivity index (χ0) is 15.3. The van der Waals surface area contributed by atoms with Crippen molar-refractivity contribution in [3.05, 3.63) is 29.3 Å². The normalized spacial score (nSPS) is 29.3. The van der Waals surface area contributed by atoms with Crippen molar-refractivity contribution in [1.82, 2.24) is 10.6 Å². The maximum Gasteiger partial charge on any atom is 0.404 e. The molecule has 4 rings (SSSR count). The molecule has 5 nitrogen and oxygen atoms in total. The average Bonchev–Trinajstić information content (AvgIpc) is 3.14. The van der Waals surface area contributed by atoms with E-state index in [2.05, 4.69) is 34.7 Å². The second-order valence-electron chi connectivity index (χ2n) is 6.88. The molecule has 22 heavy (non-hydrogen) atoms. The number of likely N-dealkylation sites (N-methyl/N-ethyl adjacent to an activating group) is 1. The van der Waals surface area contributed by atoms with E-state index in [1.54, 1.807) is 0 Å². The van der Waals surface area contributed by atoms with Gasteiger partial charge in [0.1, 0.15) is 0 Å². The molecule has 1 aromatic rings. The van der Waals surface area contributed by atoms with Gasteiger partial charge in [0, 0.05) is 37.3 Å². The molecule has 118 valence electrons. The highest BCUT2D eigenvalue weighted by Crippen LogP contribution is 2.49. The first kappa shape index (κ1) is 13.9. The highest BCUT2D eigenvalue weighted by atomic mass is 16.4. The topological polar surface area (TPSA) is 64.6 Å². The van der Waals surface area contributed by atoms with Gasteiger partial charge in [-0.2, -0.15) is 0 Å². The Morgan fingerprint density at radius 1 is 1.32 bits per heavy atom. The lowest BCUT2D eigenvalue weighted by atomic mass is 9.95. The Morgan fingerprint density at radius 2 is 2.14 bits per heavy atom. The van der Waals surface area contributed by atoms with E-state index >= 15 is 0 Å². The Kier molecular flexibility index (Phi) is 3.26. The number of nitrogens with one attached hydrogen (secondary N) is 2. The second kappa shape index (κ2) is 5.16. The summed E-state index contributed by atoms with van der Waals surface area (Å²) in [5, 5.41) is 15.0. The number of amides is 1. The van der Waals surface area contributed by atoms with Gasteiger partial charge in [0.15, 0.2) is 0 Å². The molecule has 0 saturated heterocycles. The van der Waals surface area contributed by atoms with E-state index in [0.717, 1.165) is 11.6 Å². The Bertz CT molecular complexity index is 600. The number of anilines is 1. The molecular weight excluding hydrogens is 278 g/mol. The van der Waals surface area contributed by atoms with E-state index < -0.39 is 6.09 Å². The summed E-state index contributed by atoms with van der Waals surface area (Å²) in [5.74, 6) is 0.584. The van der Waals surface area contributed by atoms with Gasteiger partial charge in [-0.05, 0) is 42.9 Å². The van der Waals surface area contributed by atoms with Crippen molar-refractivity contribution in [2.75, 3.05) is 11.9 Å². The van der Waals surface area contributed by atoms with Crippen LogP contribution in [0.4, 0.5) is 10.5 Å². The number of carboxylic acid groups (broad SMARTS) is 1. The molecule has 3 unspecified atom stereocenters. The molecule has 1 aliphatic heterocycles. The van der Waals surface area contributed by atoms with Crippen molar-refractivity contribution >= 4 is 11.8 Å². The molecule has 3 aliphatic rings. The molecule has 0 spiro atoms. The molecule has 3 atom stereocenters. The Hall–Kier alpha value is -1.75. The van der Waals surface area contributed by atoms with Gasteiger partial charge in [-0.15, -0.1) is 0 Å². The predicted molar refractivity (Wildman–Crippen MR) is 85.4 cm³/mol. The minimum absolute atomic E-state index is 0.382. The highest BCUT2D eigenvalue weighted by Gasteiger charge is 2.46. The van der Waals surface area contributed by atoms with Gasteiger partial charge in [-0.25, -0.2) is 4.79 Å². The molecule has 2 saturated carbocycles. The molecule has 1 heterocycles. The van der Waals surface area contributed by atoms with Gasteiger partial charge in [-0.1, -0.05) is 12.1 Å². The quantitative estimate of drug-likeness (QED) is 0.798. The zero-order valence-electron chi connectivity index (χ0n) is 12.9. The van der Waals surface area contributed by atoms with Crippen molar-refractivity contribution in [2.24, 2.45) is 0 Å². The van der Waals surface area contributed by atoms with Crippen molar-refractivity contribution < 1.29 is 9.90 Å². The van der Waals surface area contributed by atoms with Crippen LogP contribution in [0.5, 0.6) is 0 Å². The first-order chi connectivity index (χ1) is 10.6. The van der Waals surface area contributed by atoms with Crippen molar-refractivity contribution in [3.8, 4) is 0 Å². The smallest absolute Gasteiger partial charge is 0.404 e. The van der Waals surface area contributed by atoms with Gasteiger partial charge < -0.3 is 20.6 Å². The molecule has 0 bridgehead atoms. The maximum absolute atomic E-state index is 10.7. The molecule has 1 aromatic carbocycles. The van der Waals surface area contributed by atoms with Gasteiger partial charge in [0.05, 0.1) is 6.04 Å². The molecule has 0 aromatic heterocycles. The van der Waals surface area contributed by atoms with Gasteiger partial charge in [-0.3, -0.25) is 0 Å². The Labute approximate surface area is 130 Å². The van der Waals surface area contributed by atoms with Crippen LogP contribution in [0.1, 0.15) is 42.7 Å². The van der Waals surface area contributed by atoms with E-state index in [1.807, 2.05) is 6.07 Å². The largest absolute Gasteiger partial charge is 0.465 e. The Morgan fingerprint density at radius 3 is 2.86 bits per heavy atom. The maximum atomic E-state index is 10.7. The summed E-state index contributed by atoms with van der Waals surface area (Å²) in [7, 11) is 2.20. The highest BCUT2D eigenvalue weighted by molar-refractivity contribution is 5.66. The second-order valence-corrected chi connectivity index (χ2v) is 6.88. The predicted octanol–water partition coefficient (Wildman–Crippen LogP) is 2.27. The van der Waals surface area contributed by atoms with Crippen LogP contribution in [0.25, 0.3) is 0 Å². The summed E-state index contributed by atoms with van der Waals surface area (Å²) >= 11 is 0. The van der Waals surface area contributed by atoms with Crippen LogP contribution >= 0.6 is 0 Å². The summed E-state index contributed by atoms with van der Waals surface area (Å²) in [4.78, 5) is 13.1. The van der Waals surface area contributed by atoms with Crippen LogP contribution in [0.3, 0.4) is 0 Å². The number of hydrogen-bond donors (Lipinski definition) is 3. The lowest BCUT2D eigenvalue weighted by Gasteiger charge is -2.29. The monoisotopic (exact) mass is 301 g/mol. The van der Waals surface area contributed by atoms with Gasteiger partial charge in [0.25, 0.3) is 0 Å². The molecule has 2 aliphatic carbocycles. The fourth-order valence-corrected chi connectivity index (χ4v) is 4.27. The lowest BCUT2D eigenvalue weighted by molar-refractivity contribution is 0.194. The van der Waals surface area contributed by atoms with Gasteiger partial charge in [0.2, 0.25) is 0 Å². The van der Waals surface area contributed by atoms with Crippen LogP contribution in [0, 0.1) is 0 Å².